The summed E-state index contributed by atoms with van der Waals surface area (Å²) in [7, 11) is 0. The molecule has 2 aromatic heterocycles. The van der Waals surface area contributed by atoms with Crippen LogP contribution in [0.4, 0.5) is 10.1 Å². The van der Waals surface area contributed by atoms with Crippen molar-refractivity contribution in [1.82, 2.24) is 19.6 Å². The van der Waals surface area contributed by atoms with E-state index in [1.54, 1.807) is 34.1 Å². The van der Waals surface area contributed by atoms with Crippen LogP contribution in [0.25, 0.3) is 5.69 Å². The first-order valence-corrected chi connectivity index (χ1v) is 8.31. The number of aromatic nitrogens is 4. The molecule has 3 heterocycles. The van der Waals surface area contributed by atoms with Crippen LogP contribution >= 0.6 is 11.6 Å². The Morgan fingerprint density at radius 1 is 1.20 bits per heavy atom. The lowest BCUT2D eigenvalue weighted by atomic mass is 10.1. The van der Waals surface area contributed by atoms with Gasteiger partial charge in [0, 0.05) is 12.7 Å². The van der Waals surface area contributed by atoms with Crippen molar-refractivity contribution in [2.75, 3.05) is 11.4 Å². The smallest absolute Gasteiger partial charge is 0.248 e. The number of hydrogen-bond donors (Lipinski definition) is 0. The van der Waals surface area contributed by atoms with Crippen molar-refractivity contribution < 1.29 is 9.18 Å². The zero-order valence-corrected chi connectivity index (χ0v) is 14.0. The van der Waals surface area contributed by atoms with E-state index in [-0.39, 0.29) is 18.3 Å². The number of carbonyl (C=O) groups is 1. The van der Waals surface area contributed by atoms with Crippen LogP contribution in [0.2, 0.25) is 5.02 Å². The second-order valence-corrected chi connectivity index (χ2v) is 6.31. The standard InChI is InChI=1S/C17H15ClFN5O/c18-12-8-20-22(10-12)11-17(25)23-7-1-2-15-16(23)9-21-24(15)14-5-3-13(19)4-6-14/h3-6,8-10H,1-2,7,11H2. The molecular weight excluding hydrogens is 345 g/mol. The molecule has 0 N–H and O–H groups in total. The molecule has 1 aliphatic rings. The van der Waals surface area contributed by atoms with Crippen molar-refractivity contribution in [3.63, 3.8) is 0 Å². The molecule has 1 aromatic carbocycles. The van der Waals surface area contributed by atoms with Gasteiger partial charge in [-0.2, -0.15) is 10.2 Å². The number of anilines is 1. The maximum Gasteiger partial charge on any atom is 0.248 e. The quantitative estimate of drug-likeness (QED) is 0.722. The molecule has 0 fully saturated rings. The predicted octanol–water partition coefficient (Wildman–Crippen LogP) is 2.84. The summed E-state index contributed by atoms with van der Waals surface area (Å²) in [6, 6.07) is 6.15. The van der Waals surface area contributed by atoms with Crippen LogP contribution < -0.4 is 4.90 Å². The van der Waals surface area contributed by atoms with Gasteiger partial charge in [-0.1, -0.05) is 11.6 Å². The molecule has 0 spiro atoms. The number of amides is 1. The summed E-state index contributed by atoms with van der Waals surface area (Å²) < 4.78 is 16.4. The second-order valence-electron chi connectivity index (χ2n) is 5.87. The first-order valence-electron chi connectivity index (χ1n) is 7.93. The van der Waals surface area contributed by atoms with E-state index in [0.29, 0.717) is 11.6 Å². The second kappa shape index (κ2) is 6.33. The van der Waals surface area contributed by atoms with Gasteiger partial charge in [-0.3, -0.25) is 9.48 Å². The largest absolute Gasteiger partial charge is 0.308 e. The summed E-state index contributed by atoms with van der Waals surface area (Å²) >= 11 is 5.84. The minimum absolute atomic E-state index is 0.0700. The SMILES string of the molecule is O=C(Cn1cc(Cl)cn1)N1CCCc2c1cnn2-c1ccc(F)cc1. The van der Waals surface area contributed by atoms with E-state index in [2.05, 4.69) is 10.2 Å². The molecule has 1 aliphatic heterocycles. The van der Waals surface area contributed by atoms with E-state index < -0.39 is 0 Å². The fourth-order valence-corrected chi connectivity index (χ4v) is 3.22. The van der Waals surface area contributed by atoms with Gasteiger partial charge in [0.1, 0.15) is 12.4 Å². The Bertz CT molecular complexity index is 918. The monoisotopic (exact) mass is 359 g/mol. The summed E-state index contributed by atoms with van der Waals surface area (Å²) in [5.74, 6) is -0.362. The molecule has 8 heteroatoms. The minimum Gasteiger partial charge on any atom is -0.308 e. The number of nitrogens with zero attached hydrogens (tertiary/aromatic N) is 5. The van der Waals surface area contributed by atoms with Gasteiger partial charge in [0.05, 0.1) is 34.5 Å². The zero-order valence-electron chi connectivity index (χ0n) is 13.3. The summed E-state index contributed by atoms with van der Waals surface area (Å²) in [4.78, 5) is 14.4. The van der Waals surface area contributed by atoms with Gasteiger partial charge in [-0.25, -0.2) is 9.07 Å². The Hall–Kier alpha value is -2.67. The molecule has 128 valence electrons. The van der Waals surface area contributed by atoms with Crippen LogP contribution in [0.15, 0.2) is 42.9 Å². The van der Waals surface area contributed by atoms with Gasteiger partial charge in [0.15, 0.2) is 0 Å². The van der Waals surface area contributed by atoms with Crippen molar-refractivity contribution in [3.8, 4) is 5.69 Å². The topological polar surface area (TPSA) is 56.0 Å². The lowest BCUT2D eigenvalue weighted by molar-refractivity contribution is -0.119. The lowest BCUT2D eigenvalue weighted by Gasteiger charge is -2.27. The van der Waals surface area contributed by atoms with Gasteiger partial charge in [0.25, 0.3) is 0 Å². The van der Waals surface area contributed by atoms with Crippen molar-refractivity contribution in [1.29, 1.82) is 0 Å². The zero-order chi connectivity index (χ0) is 17.4. The normalized spacial score (nSPS) is 13.8. The highest BCUT2D eigenvalue weighted by Crippen LogP contribution is 2.29. The molecule has 0 saturated heterocycles. The molecule has 6 nitrogen and oxygen atoms in total. The first kappa shape index (κ1) is 15.8. The average Bonchev–Trinajstić information content (AvgIpc) is 3.21. The minimum atomic E-state index is -0.292. The average molecular weight is 360 g/mol. The molecule has 3 aromatic rings. The van der Waals surface area contributed by atoms with Crippen LogP contribution in [0, 0.1) is 5.82 Å². The maximum atomic E-state index is 13.1. The molecule has 1 amide bonds. The molecule has 0 aliphatic carbocycles. The van der Waals surface area contributed by atoms with Gasteiger partial charge in [0.2, 0.25) is 5.91 Å². The molecule has 0 saturated carbocycles. The van der Waals surface area contributed by atoms with E-state index in [9.17, 15) is 9.18 Å². The number of halogens is 2. The van der Waals surface area contributed by atoms with Crippen molar-refractivity contribution in [3.05, 3.63) is 59.4 Å². The number of rotatable bonds is 3. The van der Waals surface area contributed by atoms with Gasteiger partial charge < -0.3 is 4.90 Å². The summed E-state index contributed by atoms with van der Waals surface area (Å²) in [5.41, 5.74) is 2.51. The number of hydrogen-bond acceptors (Lipinski definition) is 3. The summed E-state index contributed by atoms with van der Waals surface area (Å²) in [5, 5.41) is 8.94. The molecule has 0 bridgehead atoms. The fraction of sp³-hybridized carbons (Fsp3) is 0.235. The van der Waals surface area contributed by atoms with Gasteiger partial charge in [-0.15, -0.1) is 0 Å². The Morgan fingerprint density at radius 3 is 2.72 bits per heavy atom. The van der Waals surface area contributed by atoms with Crippen LogP contribution in [-0.2, 0) is 17.8 Å². The third kappa shape index (κ3) is 3.02. The Labute approximate surface area is 148 Å². The Morgan fingerprint density at radius 2 is 2.00 bits per heavy atom. The van der Waals surface area contributed by atoms with Crippen LogP contribution in [0.1, 0.15) is 12.1 Å². The number of benzene rings is 1. The van der Waals surface area contributed by atoms with Crippen molar-refractivity contribution >= 4 is 23.2 Å². The molecule has 0 unspecified atom stereocenters. The highest BCUT2D eigenvalue weighted by molar-refractivity contribution is 6.30. The molecule has 25 heavy (non-hydrogen) atoms. The molecular formula is C17H15ClFN5O. The number of fused-ring (bicyclic) bond motifs is 1. The molecule has 0 radical (unpaired) electrons. The van der Waals surface area contributed by atoms with Crippen molar-refractivity contribution in [2.45, 2.75) is 19.4 Å². The van der Waals surface area contributed by atoms with E-state index in [1.165, 1.54) is 23.0 Å². The Kier molecular flexibility index (Phi) is 4.01. The maximum absolute atomic E-state index is 13.1. The molecule has 4 rings (SSSR count). The van der Waals surface area contributed by atoms with E-state index in [1.807, 2.05) is 0 Å². The van der Waals surface area contributed by atoms with Gasteiger partial charge >= 0.3 is 0 Å². The fourth-order valence-electron chi connectivity index (χ4n) is 3.06. The lowest BCUT2D eigenvalue weighted by Crippen LogP contribution is -2.37. The Balaban J connectivity index is 1.62. The highest BCUT2D eigenvalue weighted by Gasteiger charge is 2.26. The van der Waals surface area contributed by atoms with Crippen LogP contribution in [-0.4, -0.2) is 32.0 Å². The summed E-state index contributed by atoms with van der Waals surface area (Å²) in [6.45, 7) is 0.754. The van der Waals surface area contributed by atoms with Gasteiger partial charge in [-0.05, 0) is 37.1 Å². The highest BCUT2D eigenvalue weighted by atomic mass is 35.5. The predicted molar refractivity (Wildman–Crippen MR) is 91.4 cm³/mol. The summed E-state index contributed by atoms with van der Waals surface area (Å²) in [6.07, 6.45) is 6.46. The number of carbonyl (C=O) groups excluding carboxylic acids is 1. The van der Waals surface area contributed by atoms with Crippen LogP contribution in [0.3, 0.4) is 0 Å². The first-order chi connectivity index (χ1) is 12.1. The third-order valence-corrected chi connectivity index (χ3v) is 4.40. The van der Waals surface area contributed by atoms with E-state index >= 15 is 0 Å². The van der Waals surface area contributed by atoms with E-state index in [4.69, 9.17) is 11.6 Å². The van der Waals surface area contributed by atoms with Crippen LogP contribution in [0.5, 0.6) is 0 Å². The third-order valence-electron chi connectivity index (χ3n) is 4.20. The van der Waals surface area contributed by atoms with Crippen molar-refractivity contribution in [2.24, 2.45) is 0 Å². The van der Waals surface area contributed by atoms with E-state index in [0.717, 1.165) is 29.9 Å². The molecule has 0 atom stereocenters.